The molecule has 2 saturated carbocycles. The van der Waals surface area contributed by atoms with Crippen molar-refractivity contribution in [2.24, 2.45) is 11.8 Å². The zero-order valence-corrected chi connectivity index (χ0v) is 21.6. The van der Waals surface area contributed by atoms with E-state index in [1.807, 2.05) is 0 Å². The van der Waals surface area contributed by atoms with E-state index in [1.54, 1.807) is 25.1 Å². The third-order valence-electron chi connectivity index (χ3n) is 8.51. The maximum Gasteiger partial charge on any atom is 0.201 e. The number of hydrogen-bond donors (Lipinski definition) is 0. The highest BCUT2D eigenvalue weighted by Crippen LogP contribution is 2.42. The number of benzene rings is 2. The number of allylic oxidation sites excluding steroid dienone is 1. The Balaban J connectivity index is 1.19. The lowest BCUT2D eigenvalue weighted by molar-refractivity contribution is 0.250. The SMILES string of the molecule is C/C=C/Oc1ccc(C2CCC(CCC3CCC(c4ccc(CCC)cc4)CC3)CC2)c(F)c1F. The monoisotopic (exact) mass is 480 g/mol. The molecule has 0 saturated heterocycles. The topological polar surface area (TPSA) is 9.23 Å². The van der Waals surface area contributed by atoms with E-state index in [-0.39, 0.29) is 11.7 Å². The molecule has 2 aliphatic carbocycles. The molecule has 35 heavy (non-hydrogen) atoms. The van der Waals surface area contributed by atoms with Gasteiger partial charge in [0.15, 0.2) is 11.6 Å². The maximum absolute atomic E-state index is 14.7. The molecule has 0 radical (unpaired) electrons. The molecule has 1 nitrogen and oxygen atoms in total. The third-order valence-corrected chi connectivity index (χ3v) is 8.51. The summed E-state index contributed by atoms with van der Waals surface area (Å²) in [6.45, 7) is 4.02. The Hall–Kier alpha value is -2.16. The normalized spacial score (nSPS) is 25.1. The summed E-state index contributed by atoms with van der Waals surface area (Å²) in [6, 6.07) is 12.7. The molecule has 0 aromatic heterocycles. The summed E-state index contributed by atoms with van der Waals surface area (Å²) in [4.78, 5) is 0. The summed E-state index contributed by atoms with van der Waals surface area (Å²) in [7, 11) is 0. The molecule has 0 N–H and O–H groups in total. The first-order valence-electron chi connectivity index (χ1n) is 13.9. The van der Waals surface area contributed by atoms with Gasteiger partial charge in [-0.1, -0.05) is 62.6 Å². The average Bonchev–Trinajstić information content (AvgIpc) is 2.90. The van der Waals surface area contributed by atoms with Crippen molar-refractivity contribution in [2.75, 3.05) is 0 Å². The lowest BCUT2D eigenvalue weighted by atomic mass is 9.73. The van der Waals surface area contributed by atoms with Gasteiger partial charge in [-0.2, -0.15) is 4.39 Å². The van der Waals surface area contributed by atoms with E-state index in [4.69, 9.17) is 4.74 Å². The van der Waals surface area contributed by atoms with Crippen molar-refractivity contribution in [3.63, 3.8) is 0 Å². The van der Waals surface area contributed by atoms with Crippen molar-refractivity contribution < 1.29 is 13.5 Å². The summed E-state index contributed by atoms with van der Waals surface area (Å²) in [5.41, 5.74) is 3.52. The fraction of sp³-hybridized carbons (Fsp3) is 0.562. The molecule has 2 aromatic carbocycles. The average molecular weight is 481 g/mol. The van der Waals surface area contributed by atoms with Crippen LogP contribution in [0.15, 0.2) is 48.7 Å². The second-order valence-corrected chi connectivity index (χ2v) is 10.9. The number of halogens is 2. The highest BCUT2D eigenvalue weighted by Gasteiger charge is 2.28. The van der Waals surface area contributed by atoms with E-state index in [9.17, 15) is 8.78 Å². The van der Waals surface area contributed by atoms with Crippen molar-refractivity contribution in [1.29, 1.82) is 0 Å². The van der Waals surface area contributed by atoms with E-state index in [0.29, 0.717) is 5.56 Å². The minimum absolute atomic E-state index is 0.0405. The van der Waals surface area contributed by atoms with Crippen LogP contribution >= 0.6 is 0 Å². The number of rotatable bonds is 9. The molecule has 0 atom stereocenters. The highest BCUT2D eigenvalue weighted by atomic mass is 19.2. The van der Waals surface area contributed by atoms with Crippen LogP contribution < -0.4 is 4.74 Å². The van der Waals surface area contributed by atoms with Crippen molar-refractivity contribution >= 4 is 0 Å². The number of hydrogen-bond acceptors (Lipinski definition) is 1. The molecule has 0 aliphatic heterocycles. The molecule has 0 unspecified atom stereocenters. The Kier molecular flexibility index (Phi) is 9.40. The van der Waals surface area contributed by atoms with Crippen LogP contribution in [-0.2, 0) is 6.42 Å². The Morgan fingerprint density at radius 1 is 0.771 bits per heavy atom. The summed E-state index contributed by atoms with van der Waals surface area (Å²) in [5, 5.41) is 0. The number of ether oxygens (including phenoxy) is 1. The summed E-state index contributed by atoms with van der Waals surface area (Å²) in [6.07, 6.45) is 17.6. The van der Waals surface area contributed by atoms with Gasteiger partial charge in [0.2, 0.25) is 5.82 Å². The smallest absolute Gasteiger partial charge is 0.201 e. The van der Waals surface area contributed by atoms with Gasteiger partial charge in [-0.05, 0) is 111 Å². The molecule has 190 valence electrons. The highest BCUT2D eigenvalue weighted by molar-refractivity contribution is 5.34. The summed E-state index contributed by atoms with van der Waals surface area (Å²) in [5.74, 6) is 0.821. The van der Waals surface area contributed by atoms with Crippen LogP contribution in [0.3, 0.4) is 0 Å². The first-order valence-corrected chi connectivity index (χ1v) is 13.9. The van der Waals surface area contributed by atoms with Gasteiger partial charge in [-0.3, -0.25) is 0 Å². The van der Waals surface area contributed by atoms with Crippen LogP contribution in [0.4, 0.5) is 8.78 Å². The molecule has 2 fully saturated rings. The Morgan fingerprint density at radius 3 is 1.94 bits per heavy atom. The van der Waals surface area contributed by atoms with Crippen molar-refractivity contribution in [3.05, 3.63) is 77.1 Å². The van der Waals surface area contributed by atoms with Gasteiger partial charge in [-0.15, -0.1) is 0 Å². The van der Waals surface area contributed by atoms with Crippen LogP contribution in [0, 0.1) is 23.5 Å². The van der Waals surface area contributed by atoms with Crippen LogP contribution in [0.2, 0.25) is 0 Å². The fourth-order valence-electron chi connectivity index (χ4n) is 6.36. The molecular formula is C32H42F2O. The van der Waals surface area contributed by atoms with E-state index in [1.165, 1.54) is 68.8 Å². The quantitative estimate of drug-likeness (QED) is 0.324. The Morgan fingerprint density at radius 2 is 1.37 bits per heavy atom. The van der Waals surface area contributed by atoms with Crippen LogP contribution in [0.25, 0.3) is 0 Å². The predicted octanol–water partition coefficient (Wildman–Crippen LogP) is 9.86. The van der Waals surface area contributed by atoms with Gasteiger partial charge in [-0.25, -0.2) is 4.39 Å². The lowest BCUT2D eigenvalue weighted by Gasteiger charge is -2.32. The number of aryl methyl sites for hydroxylation is 1. The van der Waals surface area contributed by atoms with Crippen LogP contribution in [0.5, 0.6) is 5.75 Å². The second-order valence-electron chi connectivity index (χ2n) is 10.9. The van der Waals surface area contributed by atoms with Gasteiger partial charge in [0.25, 0.3) is 0 Å². The third kappa shape index (κ3) is 6.74. The molecule has 0 amide bonds. The van der Waals surface area contributed by atoms with Crippen LogP contribution in [-0.4, -0.2) is 0 Å². The molecule has 0 spiro atoms. The fourth-order valence-corrected chi connectivity index (χ4v) is 6.36. The predicted molar refractivity (Wildman–Crippen MR) is 141 cm³/mol. The van der Waals surface area contributed by atoms with Crippen LogP contribution in [0.1, 0.15) is 113 Å². The minimum Gasteiger partial charge on any atom is -0.462 e. The van der Waals surface area contributed by atoms with Gasteiger partial charge in [0.1, 0.15) is 0 Å². The van der Waals surface area contributed by atoms with Crippen molar-refractivity contribution in [1.82, 2.24) is 0 Å². The van der Waals surface area contributed by atoms with Gasteiger partial charge < -0.3 is 4.74 Å². The minimum atomic E-state index is -0.866. The van der Waals surface area contributed by atoms with E-state index >= 15 is 0 Å². The summed E-state index contributed by atoms with van der Waals surface area (Å²) >= 11 is 0. The standard InChI is InChI=1S/C32H42F2O/c1-3-5-23-8-14-26(15-9-23)27-16-10-24(11-17-27)6-7-25-12-18-28(19-13-25)29-20-21-30(35-22-4-2)32(34)31(29)33/h4,8-9,14-15,20-22,24-25,27-28H,3,5-7,10-13,16-19H2,1-2H3/b22-4+. The largest absolute Gasteiger partial charge is 0.462 e. The van der Waals surface area contributed by atoms with Crippen molar-refractivity contribution in [2.45, 2.75) is 103 Å². The molecule has 0 heterocycles. The Labute approximate surface area is 211 Å². The van der Waals surface area contributed by atoms with E-state index < -0.39 is 11.6 Å². The zero-order chi connectivity index (χ0) is 24.6. The van der Waals surface area contributed by atoms with Gasteiger partial charge >= 0.3 is 0 Å². The van der Waals surface area contributed by atoms with Crippen molar-refractivity contribution in [3.8, 4) is 5.75 Å². The first kappa shape index (κ1) is 25.9. The van der Waals surface area contributed by atoms with Gasteiger partial charge in [0, 0.05) is 0 Å². The molecule has 0 bridgehead atoms. The molecule has 4 rings (SSSR count). The summed E-state index contributed by atoms with van der Waals surface area (Å²) < 4.78 is 34.3. The van der Waals surface area contributed by atoms with E-state index in [0.717, 1.165) is 43.4 Å². The Bertz CT molecular complexity index is 948. The lowest BCUT2D eigenvalue weighted by Crippen LogP contribution is -2.18. The molecule has 2 aromatic rings. The second kappa shape index (κ2) is 12.7. The van der Waals surface area contributed by atoms with E-state index in [2.05, 4.69) is 31.2 Å². The zero-order valence-electron chi connectivity index (χ0n) is 21.6. The molecular weight excluding hydrogens is 438 g/mol. The van der Waals surface area contributed by atoms with Gasteiger partial charge in [0.05, 0.1) is 6.26 Å². The first-order chi connectivity index (χ1) is 17.1. The molecule has 3 heteroatoms. The molecule has 2 aliphatic rings. The maximum atomic E-state index is 14.7.